The van der Waals surface area contributed by atoms with Crippen molar-refractivity contribution in [1.29, 1.82) is 0 Å². The molecule has 0 saturated heterocycles. The van der Waals surface area contributed by atoms with Gasteiger partial charge in [0.05, 0.1) is 10.6 Å². The van der Waals surface area contributed by atoms with Gasteiger partial charge in [-0.25, -0.2) is 18.1 Å². The number of rotatable bonds is 8. The molecule has 2 heterocycles. The molecule has 0 aliphatic heterocycles. The summed E-state index contributed by atoms with van der Waals surface area (Å²) in [6.07, 6.45) is 6.19. The molecule has 4 aromatic rings. The second-order valence-electron chi connectivity index (χ2n) is 8.68. The summed E-state index contributed by atoms with van der Waals surface area (Å²) >= 11 is 0. The predicted octanol–water partition coefficient (Wildman–Crippen LogP) is 4.20. The van der Waals surface area contributed by atoms with Crippen LogP contribution in [0.15, 0.2) is 78.0 Å². The fourth-order valence-corrected chi connectivity index (χ4v) is 5.10. The Morgan fingerprint density at radius 3 is 2.23 bits per heavy atom. The Hall–Kier alpha value is -3.82. The van der Waals surface area contributed by atoms with Gasteiger partial charge in [-0.15, -0.1) is 0 Å². The van der Waals surface area contributed by atoms with E-state index in [0.29, 0.717) is 11.5 Å². The van der Waals surface area contributed by atoms with Crippen molar-refractivity contribution in [1.82, 2.24) is 19.7 Å². The molecule has 1 fully saturated rings. The minimum Gasteiger partial charge on any atom is -0.368 e. The molecule has 0 radical (unpaired) electrons. The highest BCUT2D eigenvalue weighted by molar-refractivity contribution is 7.89. The molecule has 0 atom stereocenters. The smallest absolute Gasteiger partial charge is 0.240 e. The number of nitrogens with one attached hydrogen (secondary N) is 2. The molecule has 1 aliphatic carbocycles. The number of benzene rings is 2. The standard InChI is InChI=1S/C26H26N6O2S/c1-17-24(20-4-10-23(11-5-20)35(33,34)32-22-8-9-22)30-26(27)31-25(17)29-21-6-2-18(3-7-21)16-19-12-14-28-15-13-19/h2-7,10-15,22,32H,8-9,16H2,1H3,(H3,27,29,30,31). The van der Waals surface area contributed by atoms with Gasteiger partial charge in [0, 0.05) is 35.2 Å². The van der Waals surface area contributed by atoms with E-state index >= 15 is 0 Å². The third kappa shape index (κ3) is 5.47. The second kappa shape index (κ2) is 9.44. The highest BCUT2D eigenvalue weighted by Crippen LogP contribution is 2.30. The van der Waals surface area contributed by atoms with Crippen molar-refractivity contribution >= 4 is 27.5 Å². The van der Waals surface area contributed by atoms with Crippen molar-refractivity contribution in [3.63, 3.8) is 0 Å². The van der Waals surface area contributed by atoms with Crippen LogP contribution in [0.3, 0.4) is 0 Å². The topological polar surface area (TPSA) is 123 Å². The lowest BCUT2D eigenvalue weighted by Gasteiger charge is -2.14. The summed E-state index contributed by atoms with van der Waals surface area (Å²) in [5.41, 5.74) is 11.5. The maximum absolute atomic E-state index is 12.5. The van der Waals surface area contributed by atoms with Gasteiger partial charge < -0.3 is 11.1 Å². The van der Waals surface area contributed by atoms with Crippen molar-refractivity contribution in [2.24, 2.45) is 0 Å². The van der Waals surface area contributed by atoms with E-state index in [1.165, 1.54) is 11.1 Å². The van der Waals surface area contributed by atoms with E-state index < -0.39 is 10.0 Å². The Balaban J connectivity index is 1.35. The third-order valence-corrected chi connectivity index (χ3v) is 7.41. The molecule has 35 heavy (non-hydrogen) atoms. The molecule has 0 bridgehead atoms. The zero-order valence-corrected chi connectivity index (χ0v) is 20.1. The van der Waals surface area contributed by atoms with E-state index in [4.69, 9.17) is 5.73 Å². The molecular formula is C26H26N6O2S. The van der Waals surface area contributed by atoms with Crippen molar-refractivity contribution in [2.75, 3.05) is 11.1 Å². The van der Waals surface area contributed by atoms with Crippen LogP contribution in [0.5, 0.6) is 0 Å². The van der Waals surface area contributed by atoms with Crippen molar-refractivity contribution in [2.45, 2.75) is 37.1 Å². The third-order valence-electron chi connectivity index (χ3n) is 5.87. The number of pyridine rings is 1. The van der Waals surface area contributed by atoms with E-state index in [-0.39, 0.29) is 16.9 Å². The SMILES string of the molecule is Cc1c(Nc2ccc(Cc3ccncc3)cc2)nc(N)nc1-c1ccc(S(=O)(=O)NC2CC2)cc1. The fraction of sp³-hybridized carbons (Fsp3) is 0.192. The quantitative estimate of drug-likeness (QED) is 0.341. The predicted molar refractivity (Wildman–Crippen MR) is 137 cm³/mol. The van der Waals surface area contributed by atoms with Gasteiger partial charge >= 0.3 is 0 Å². The van der Waals surface area contributed by atoms with Crippen LogP contribution in [0.4, 0.5) is 17.5 Å². The summed E-state index contributed by atoms with van der Waals surface area (Å²) in [5.74, 6) is 0.732. The highest BCUT2D eigenvalue weighted by atomic mass is 32.2. The van der Waals surface area contributed by atoms with Crippen molar-refractivity contribution < 1.29 is 8.42 Å². The lowest BCUT2D eigenvalue weighted by atomic mass is 10.1. The Morgan fingerprint density at radius 1 is 0.914 bits per heavy atom. The number of aromatic nitrogens is 3. The molecule has 9 heteroatoms. The van der Waals surface area contributed by atoms with Crippen LogP contribution in [0.25, 0.3) is 11.3 Å². The van der Waals surface area contributed by atoms with Gasteiger partial charge in [0.1, 0.15) is 5.82 Å². The zero-order chi connectivity index (χ0) is 24.4. The van der Waals surface area contributed by atoms with Crippen molar-refractivity contribution in [3.05, 3.63) is 89.7 Å². The monoisotopic (exact) mass is 486 g/mol. The first-order valence-electron chi connectivity index (χ1n) is 11.4. The molecule has 178 valence electrons. The Labute approximate surface area is 204 Å². The number of nitrogens with two attached hydrogens (primary N) is 1. The average Bonchev–Trinajstić information content (AvgIpc) is 3.66. The van der Waals surface area contributed by atoms with E-state index in [9.17, 15) is 8.42 Å². The maximum Gasteiger partial charge on any atom is 0.240 e. The summed E-state index contributed by atoms with van der Waals surface area (Å²) < 4.78 is 27.6. The van der Waals surface area contributed by atoms with Crippen LogP contribution in [0.1, 0.15) is 29.5 Å². The lowest BCUT2D eigenvalue weighted by Crippen LogP contribution is -2.25. The number of sulfonamides is 1. The maximum atomic E-state index is 12.5. The van der Waals surface area contributed by atoms with E-state index in [2.05, 4.69) is 37.1 Å². The summed E-state index contributed by atoms with van der Waals surface area (Å²) in [7, 11) is -3.51. The largest absolute Gasteiger partial charge is 0.368 e. The Morgan fingerprint density at radius 2 is 1.57 bits per heavy atom. The van der Waals surface area contributed by atoms with Gasteiger partial charge in [0.15, 0.2) is 0 Å². The van der Waals surface area contributed by atoms with Gasteiger partial charge in [0.2, 0.25) is 16.0 Å². The lowest BCUT2D eigenvalue weighted by molar-refractivity contribution is 0.581. The fourth-order valence-electron chi connectivity index (χ4n) is 3.80. The summed E-state index contributed by atoms with van der Waals surface area (Å²) in [5, 5.41) is 3.33. The first-order valence-corrected chi connectivity index (χ1v) is 12.9. The van der Waals surface area contributed by atoms with Gasteiger partial charge in [-0.3, -0.25) is 4.98 Å². The molecule has 0 amide bonds. The molecule has 4 N–H and O–H groups in total. The molecule has 0 spiro atoms. The Kier molecular flexibility index (Phi) is 6.19. The van der Waals surface area contributed by atoms with Crippen molar-refractivity contribution in [3.8, 4) is 11.3 Å². The minimum absolute atomic E-state index is 0.0573. The highest BCUT2D eigenvalue weighted by Gasteiger charge is 2.28. The second-order valence-corrected chi connectivity index (χ2v) is 10.4. The van der Waals surface area contributed by atoms with Gasteiger partial charge in [-0.05, 0) is 73.7 Å². The van der Waals surface area contributed by atoms with E-state index in [1.54, 1.807) is 36.7 Å². The summed E-state index contributed by atoms with van der Waals surface area (Å²) in [6, 6.07) is 18.9. The van der Waals surface area contributed by atoms with E-state index in [0.717, 1.165) is 36.1 Å². The molecule has 1 saturated carbocycles. The number of hydrogen-bond acceptors (Lipinski definition) is 7. The first-order chi connectivity index (χ1) is 16.9. The normalized spacial score (nSPS) is 13.5. The van der Waals surface area contributed by atoms with Crippen LogP contribution in [0.2, 0.25) is 0 Å². The average molecular weight is 487 g/mol. The molecule has 8 nitrogen and oxygen atoms in total. The van der Waals surface area contributed by atoms with Gasteiger partial charge in [0.25, 0.3) is 0 Å². The minimum atomic E-state index is -3.51. The number of hydrogen-bond donors (Lipinski definition) is 3. The van der Waals surface area contributed by atoms with Crippen LogP contribution in [-0.2, 0) is 16.4 Å². The van der Waals surface area contributed by atoms with Crippen LogP contribution in [0, 0.1) is 6.92 Å². The van der Waals surface area contributed by atoms with Crippen LogP contribution < -0.4 is 15.8 Å². The molecular weight excluding hydrogens is 460 g/mol. The first kappa shape index (κ1) is 22.9. The number of nitrogens with zero attached hydrogens (tertiary/aromatic N) is 3. The Bertz CT molecular complexity index is 1440. The van der Waals surface area contributed by atoms with Gasteiger partial charge in [-0.1, -0.05) is 24.3 Å². The molecule has 1 aliphatic rings. The van der Waals surface area contributed by atoms with Crippen LogP contribution >= 0.6 is 0 Å². The summed E-state index contributed by atoms with van der Waals surface area (Å²) in [4.78, 5) is 13.1. The number of nitrogen functional groups attached to an aromatic ring is 1. The molecule has 2 aromatic heterocycles. The van der Waals surface area contributed by atoms with Gasteiger partial charge in [-0.2, -0.15) is 4.98 Å². The molecule has 0 unspecified atom stereocenters. The molecule has 2 aromatic carbocycles. The molecule has 5 rings (SSSR count). The van der Waals surface area contributed by atoms with Crippen LogP contribution in [-0.4, -0.2) is 29.4 Å². The van der Waals surface area contributed by atoms with E-state index in [1.807, 2.05) is 31.2 Å². The number of anilines is 3. The zero-order valence-electron chi connectivity index (χ0n) is 19.3. The summed E-state index contributed by atoms with van der Waals surface area (Å²) in [6.45, 7) is 1.91.